The molecule has 2 nitrogen and oxygen atoms in total. The molecule has 1 aromatic rings. The molecule has 1 aromatic carbocycles. The Hall–Kier alpha value is -0.960. The Morgan fingerprint density at radius 1 is 1.38 bits per heavy atom. The molecule has 0 spiro atoms. The summed E-state index contributed by atoms with van der Waals surface area (Å²) < 4.78 is 10.5. The van der Waals surface area contributed by atoms with Gasteiger partial charge in [0.1, 0.15) is 0 Å². The molecule has 1 aliphatic rings. The minimum atomic E-state index is 0.319. The first-order valence-electron chi connectivity index (χ1n) is 3.95. The van der Waals surface area contributed by atoms with Crippen LogP contribution in [0.25, 0.3) is 5.57 Å². The summed E-state index contributed by atoms with van der Waals surface area (Å²) in [5.41, 5.74) is 2.12. The first-order valence-corrected chi connectivity index (χ1v) is 5.07. The van der Waals surface area contributed by atoms with Crippen LogP contribution in [-0.2, 0) is 0 Å². The first kappa shape index (κ1) is 8.63. The number of ether oxygens (including phenoxy) is 2. The van der Waals surface area contributed by atoms with Gasteiger partial charge in [-0.1, -0.05) is 28.6 Å². The predicted molar refractivity (Wildman–Crippen MR) is 55.4 cm³/mol. The summed E-state index contributed by atoms with van der Waals surface area (Å²) in [6.07, 6.45) is 0. The monoisotopic (exact) mass is 240 g/mol. The molecule has 0 fully saturated rings. The number of halogens is 1. The first-order chi connectivity index (χ1) is 6.31. The Bertz CT molecular complexity index is 347. The highest BCUT2D eigenvalue weighted by Crippen LogP contribution is 2.34. The predicted octanol–water partition coefficient (Wildman–Crippen LogP) is 2.82. The second kappa shape index (κ2) is 3.42. The molecule has 13 heavy (non-hydrogen) atoms. The Morgan fingerprint density at radius 2 is 2.15 bits per heavy atom. The highest BCUT2D eigenvalue weighted by Gasteiger charge is 2.13. The fourth-order valence-electron chi connectivity index (χ4n) is 1.19. The number of hydrogen-bond donors (Lipinski definition) is 0. The zero-order chi connectivity index (χ0) is 9.26. The number of fused-ring (bicyclic) bond motifs is 1. The summed E-state index contributed by atoms with van der Waals surface area (Å²) in [5, 5.41) is 0.770. The zero-order valence-corrected chi connectivity index (χ0v) is 8.63. The Kier molecular flexibility index (Phi) is 2.27. The van der Waals surface area contributed by atoms with Crippen LogP contribution in [0.3, 0.4) is 0 Å². The molecule has 1 aliphatic heterocycles. The van der Waals surface area contributed by atoms with E-state index in [0.29, 0.717) is 6.79 Å². The van der Waals surface area contributed by atoms with E-state index in [1.165, 1.54) is 0 Å². The quantitative estimate of drug-likeness (QED) is 0.741. The number of rotatable bonds is 2. The van der Waals surface area contributed by atoms with E-state index in [1.54, 1.807) is 0 Å². The lowest BCUT2D eigenvalue weighted by Crippen LogP contribution is -1.92. The average Bonchev–Trinajstić information content (AvgIpc) is 2.63. The molecule has 3 heteroatoms. The van der Waals surface area contributed by atoms with Gasteiger partial charge in [-0.2, -0.15) is 0 Å². The fraction of sp³-hybridized carbons (Fsp3) is 0.200. The van der Waals surface area contributed by atoms with Crippen molar-refractivity contribution in [2.75, 3.05) is 12.1 Å². The van der Waals surface area contributed by atoms with Gasteiger partial charge in [0.25, 0.3) is 0 Å². The van der Waals surface area contributed by atoms with Crippen LogP contribution < -0.4 is 9.47 Å². The van der Waals surface area contributed by atoms with Crippen molar-refractivity contribution in [3.05, 3.63) is 30.3 Å². The van der Waals surface area contributed by atoms with Crippen LogP contribution in [0, 0.1) is 0 Å². The molecule has 2 rings (SSSR count). The zero-order valence-electron chi connectivity index (χ0n) is 7.05. The van der Waals surface area contributed by atoms with Gasteiger partial charge in [-0.05, 0) is 23.3 Å². The smallest absolute Gasteiger partial charge is 0.231 e. The van der Waals surface area contributed by atoms with Crippen molar-refractivity contribution >= 4 is 21.5 Å². The van der Waals surface area contributed by atoms with E-state index in [4.69, 9.17) is 9.47 Å². The molecule has 0 radical (unpaired) electrons. The molecule has 68 valence electrons. The minimum absolute atomic E-state index is 0.319. The van der Waals surface area contributed by atoms with Crippen molar-refractivity contribution in [2.24, 2.45) is 0 Å². The SMILES string of the molecule is C=C(CBr)c1ccc2c(c1)OCO2. The fourth-order valence-corrected chi connectivity index (χ4v) is 1.52. The molecule has 0 saturated heterocycles. The maximum Gasteiger partial charge on any atom is 0.231 e. The van der Waals surface area contributed by atoms with Crippen LogP contribution in [0.2, 0.25) is 0 Å². The van der Waals surface area contributed by atoms with E-state index in [-0.39, 0.29) is 0 Å². The molecular formula is C10H9BrO2. The van der Waals surface area contributed by atoms with Crippen molar-refractivity contribution in [2.45, 2.75) is 0 Å². The topological polar surface area (TPSA) is 18.5 Å². The standard InChI is InChI=1S/C10H9BrO2/c1-7(5-11)8-2-3-9-10(4-8)13-6-12-9/h2-4H,1,5-6H2. The molecule has 0 N–H and O–H groups in total. The third kappa shape index (κ3) is 1.56. The van der Waals surface area contributed by atoms with E-state index >= 15 is 0 Å². The van der Waals surface area contributed by atoms with Gasteiger partial charge in [0.05, 0.1) is 0 Å². The summed E-state index contributed by atoms with van der Waals surface area (Å²) >= 11 is 3.36. The van der Waals surface area contributed by atoms with Crippen molar-refractivity contribution < 1.29 is 9.47 Å². The lowest BCUT2D eigenvalue weighted by atomic mass is 10.1. The Morgan fingerprint density at radius 3 is 2.92 bits per heavy atom. The lowest BCUT2D eigenvalue weighted by molar-refractivity contribution is 0.174. The maximum atomic E-state index is 5.26. The summed E-state index contributed by atoms with van der Waals surface area (Å²) in [4.78, 5) is 0. The highest BCUT2D eigenvalue weighted by atomic mass is 79.9. The largest absolute Gasteiger partial charge is 0.454 e. The van der Waals surface area contributed by atoms with Gasteiger partial charge in [0, 0.05) is 5.33 Å². The van der Waals surface area contributed by atoms with Gasteiger partial charge in [0.2, 0.25) is 6.79 Å². The second-order valence-electron chi connectivity index (χ2n) is 2.81. The molecular weight excluding hydrogens is 232 g/mol. The summed E-state index contributed by atoms with van der Waals surface area (Å²) in [6, 6.07) is 5.84. The van der Waals surface area contributed by atoms with Crippen LogP contribution in [0.1, 0.15) is 5.56 Å². The average molecular weight is 241 g/mol. The van der Waals surface area contributed by atoms with Crippen molar-refractivity contribution in [1.82, 2.24) is 0 Å². The van der Waals surface area contributed by atoms with Crippen LogP contribution in [0.15, 0.2) is 24.8 Å². The minimum Gasteiger partial charge on any atom is -0.454 e. The number of hydrogen-bond acceptors (Lipinski definition) is 2. The molecule has 0 unspecified atom stereocenters. The molecule has 0 aliphatic carbocycles. The van der Waals surface area contributed by atoms with Gasteiger partial charge < -0.3 is 9.47 Å². The van der Waals surface area contributed by atoms with Crippen molar-refractivity contribution in [3.63, 3.8) is 0 Å². The van der Waals surface area contributed by atoms with E-state index in [9.17, 15) is 0 Å². The van der Waals surface area contributed by atoms with Crippen LogP contribution >= 0.6 is 15.9 Å². The van der Waals surface area contributed by atoms with Crippen LogP contribution in [0.5, 0.6) is 11.5 Å². The third-order valence-corrected chi connectivity index (χ3v) is 2.62. The lowest BCUT2D eigenvalue weighted by Gasteiger charge is -2.02. The summed E-state index contributed by atoms with van der Waals surface area (Å²) in [7, 11) is 0. The van der Waals surface area contributed by atoms with E-state index < -0.39 is 0 Å². The van der Waals surface area contributed by atoms with Crippen LogP contribution in [-0.4, -0.2) is 12.1 Å². The molecule has 0 bridgehead atoms. The number of alkyl halides is 1. The Balaban J connectivity index is 2.36. The normalized spacial score (nSPS) is 13.0. The Labute approximate surface area is 85.3 Å². The highest BCUT2D eigenvalue weighted by molar-refractivity contribution is 9.09. The molecule has 1 heterocycles. The second-order valence-corrected chi connectivity index (χ2v) is 3.37. The van der Waals surface area contributed by atoms with Gasteiger partial charge in [-0.3, -0.25) is 0 Å². The van der Waals surface area contributed by atoms with Gasteiger partial charge in [-0.15, -0.1) is 0 Å². The molecule has 0 atom stereocenters. The van der Waals surface area contributed by atoms with Gasteiger partial charge >= 0.3 is 0 Å². The molecule has 0 aromatic heterocycles. The number of benzene rings is 1. The van der Waals surface area contributed by atoms with E-state index in [0.717, 1.165) is 28.0 Å². The number of allylic oxidation sites excluding steroid dienone is 1. The van der Waals surface area contributed by atoms with E-state index in [1.807, 2.05) is 18.2 Å². The third-order valence-electron chi connectivity index (χ3n) is 1.94. The van der Waals surface area contributed by atoms with E-state index in [2.05, 4.69) is 22.5 Å². The van der Waals surface area contributed by atoms with Gasteiger partial charge in [-0.25, -0.2) is 0 Å². The summed E-state index contributed by atoms with van der Waals surface area (Å²) in [6.45, 7) is 4.24. The van der Waals surface area contributed by atoms with Crippen molar-refractivity contribution in [1.29, 1.82) is 0 Å². The molecule has 0 saturated carbocycles. The van der Waals surface area contributed by atoms with Gasteiger partial charge in [0.15, 0.2) is 11.5 Å². The summed E-state index contributed by atoms with van der Waals surface area (Å²) in [5.74, 6) is 1.62. The van der Waals surface area contributed by atoms with Crippen LogP contribution in [0.4, 0.5) is 0 Å². The maximum absolute atomic E-state index is 5.26. The van der Waals surface area contributed by atoms with Crippen molar-refractivity contribution in [3.8, 4) is 11.5 Å². The molecule has 0 amide bonds.